The van der Waals surface area contributed by atoms with E-state index in [4.69, 9.17) is 22.9 Å². The second-order valence-corrected chi connectivity index (χ2v) is 4.69. The van der Waals surface area contributed by atoms with Crippen molar-refractivity contribution in [1.29, 1.82) is 0 Å². The summed E-state index contributed by atoms with van der Waals surface area (Å²) in [5.41, 5.74) is 25.4. The van der Waals surface area contributed by atoms with Crippen LogP contribution in [-0.4, -0.2) is 23.6 Å². The van der Waals surface area contributed by atoms with Crippen LogP contribution >= 0.6 is 0 Å². The van der Waals surface area contributed by atoms with Crippen molar-refractivity contribution in [1.82, 2.24) is 0 Å². The van der Waals surface area contributed by atoms with Crippen molar-refractivity contribution in [3.05, 3.63) is 22.9 Å². The van der Waals surface area contributed by atoms with Crippen LogP contribution in [0.25, 0.3) is 22.9 Å². The standard InChI is InChI=1S/4C4H9NO.2ClH.2Ti/c4*1-2-3-4(5)6;;;;/h4*2-3H2,1H3,(H2,5,6);2*1H;;/q;;;;;;2*+3/p-6. The Morgan fingerprint density at radius 3 is 0.571 bits per heavy atom. The first-order chi connectivity index (χ1) is 11.1. The van der Waals surface area contributed by atoms with E-state index >= 15 is 0 Å². The molecule has 0 aromatic heterocycles. The normalized spacial score (nSPS) is 7.00. The molecule has 0 aliphatic rings. The van der Waals surface area contributed by atoms with Gasteiger partial charge in [0.2, 0.25) is 0 Å². The number of amides is 4. The van der Waals surface area contributed by atoms with Gasteiger partial charge < -0.3 is 66.9 Å². The van der Waals surface area contributed by atoms with Gasteiger partial charge in [0.15, 0.2) is 0 Å². The number of carbonyl (C=O) groups is 4. The number of halogens is 2. The monoisotopic (exact) mass is 510 g/mol. The molecule has 0 aliphatic carbocycles. The minimum Gasteiger partial charge on any atom is -1.00 e. The van der Waals surface area contributed by atoms with Gasteiger partial charge in [-0.1, -0.05) is 53.4 Å². The summed E-state index contributed by atoms with van der Waals surface area (Å²) in [7, 11) is 0. The smallest absolute Gasteiger partial charge is 1.00 e. The molecule has 162 valence electrons. The molecule has 4 N–H and O–H groups in total. The molecule has 0 spiro atoms. The fraction of sp³-hybridized carbons (Fsp3) is 0.750. The fourth-order valence-electron chi connectivity index (χ4n) is 0.908. The van der Waals surface area contributed by atoms with E-state index in [0.29, 0.717) is 25.7 Å². The molecule has 0 heterocycles. The van der Waals surface area contributed by atoms with Gasteiger partial charge in [0.25, 0.3) is 0 Å². The van der Waals surface area contributed by atoms with Crippen LogP contribution in [0.5, 0.6) is 0 Å². The summed E-state index contributed by atoms with van der Waals surface area (Å²) < 4.78 is 0. The van der Waals surface area contributed by atoms with E-state index < -0.39 is 23.6 Å². The second kappa shape index (κ2) is 45.6. The Bertz CT molecular complexity index is 291. The molecular formula is C16H32Cl2N4O4Ti2. The molecule has 0 aromatic carbocycles. The first-order valence-electron chi connectivity index (χ1n) is 8.06. The van der Waals surface area contributed by atoms with Gasteiger partial charge in [0, 0.05) is 23.6 Å². The Morgan fingerprint density at radius 1 is 0.464 bits per heavy atom. The van der Waals surface area contributed by atoms with Gasteiger partial charge in [-0.2, -0.15) is 0 Å². The van der Waals surface area contributed by atoms with Crippen molar-refractivity contribution < 1.29 is 87.4 Å². The van der Waals surface area contributed by atoms with E-state index in [1.54, 1.807) is 0 Å². The minimum absolute atomic E-state index is 0. The summed E-state index contributed by atoms with van der Waals surface area (Å²) >= 11 is 0. The van der Waals surface area contributed by atoms with Crippen LogP contribution in [0, 0.1) is 0 Å². The Hall–Kier alpha value is -0.111. The van der Waals surface area contributed by atoms with Crippen LogP contribution < -0.4 is 24.8 Å². The van der Waals surface area contributed by atoms with Crippen LogP contribution in [0.2, 0.25) is 0 Å². The van der Waals surface area contributed by atoms with E-state index in [2.05, 4.69) is 0 Å². The average Bonchev–Trinajstić information content (AvgIpc) is 2.39. The zero-order valence-electron chi connectivity index (χ0n) is 17.0. The van der Waals surface area contributed by atoms with E-state index in [1.807, 2.05) is 27.7 Å². The maximum atomic E-state index is 9.71. The van der Waals surface area contributed by atoms with Crippen molar-refractivity contribution in [2.45, 2.75) is 79.1 Å². The SMILES string of the molecule is CCCC([NH-])=O.CCCC([NH-])=O.CCCC([NH-])=O.CCCC([NH-])=O.[Cl-].[Cl-].[Ti+3].[Ti+3]. The van der Waals surface area contributed by atoms with E-state index in [0.717, 1.165) is 25.7 Å². The molecule has 8 nitrogen and oxygen atoms in total. The van der Waals surface area contributed by atoms with Crippen molar-refractivity contribution in [3.8, 4) is 0 Å². The van der Waals surface area contributed by atoms with Gasteiger partial charge in [-0.05, 0) is 25.7 Å². The Morgan fingerprint density at radius 2 is 0.571 bits per heavy atom. The van der Waals surface area contributed by atoms with Crippen LogP contribution in [-0.2, 0) is 62.6 Å². The molecule has 0 saturated heterocycles. The van der Waals surface area contributed by atoms with Gasteiger partial charge in [0.05, 0.1) is 0 Å². The molecule has 12 heteroatoms. The topological polar surface area (TPSA) is 163 Å². The molecule has 0 atom stereocenters. The first-order valence-corrected chi connectivity index (χ1v) is 8.06. The molecule has 28 heavy (non-hydrogen) atoms. The molecule has 0 aromatic rings. The maximum Gasteiger partial charge on any atom is 3.00 e. The van der Waals surface area contributed by atoms with Crippen molar-refractivity contribution in [3.63, 3.8) is 0 Å². The van der Waals surface area contributed by atoms with Crippen LogP contribution in [0.3, 0.4) is 0 Å². The molecule has 0 bridgehead atoms. The number of carbonyl (C=O) groups excluding carboxylic acids is 4. The second-order valence-electron chi connectivity index (χ2n) is 4.69. The minimum atomic E-state index is -0.461. The van der Waals surface area contributed by atoms with Crippen molar-refractivity contribution in [2.24, 2.45) is 0 Å². The van der Waals surface area contributed by atoms with Gasteiger partial charge >= 0.3 is 43.4 Å². The number of rotatable bonds is 8. The Labute approximate surface area is 212 Å². The predicted octanol–water partition coefficient (Wildman–Crippen LogP) is -0.536. The molecule has 0 unspecified atom stereocenters. The third kappa shape index (κ3) is 113. The summed E-state index contributed by atoms with van der Waals surface area (Å²) in [5, 5.41) is 0. The third-order valence-corrected chi connectivity index (χ3v) is 1.91. The largest absolute Gasteiger partial charge is 3.00 e. The van der Waals surface area contributed by atoms with Gasteiger partial charge in [0.1, 0.15) is 0 Å². The summed E-state index contributed by atoms with van der Waals surface area (Å²) in [6.45, 7) is 7.53. The zero-order chi connectivity index (χ0) is 20.0. The number of hydrogen-bond acceptors (Lipinski definition) is 4. The molecule has 0 rings (SSSR count). The molecule has 0 aliphatic heterocycles. The average molecular weight is 511 g/mol. The van der Waals surface area contributed by atoms with Gasteiger partial charge in [-0.15, -0.1) is 0 Å². The van der Waals surface area contributed by atoms with E-state index in [-0.39, 0.29) is 68.2 Å². The molecule has 4 amide bonds. The molecule has 2 radical (unpaired) electrons. The van der Waals surface area contributed by atoms with E-state index in [9.17, 15) is 19.2 Å². The first kappa shape index (κ1) is 51.0. The van der Waals surface area contributed by atoms with Crippen molar-refractivity contribution in [2.75, 3.05) is 0 Å². The zero-order valence-corrected chi connectivity index (χ0v) is 21.7. The summed E-state index contributed by atoms with van der Waals surface area (Å²) in [6, 6.07) is 0. The molecular weight excluding hydrogens is 479 g/mol. The molecule has 0 saturated carbocycles. The Balaban J connectivity index is -0.0000000303. The van der Waals surface area contributed by atoms with Crippen LogP contribution in [0.15, 0.2) is 0 Å². The third-order valence-electron chi connectivity index (χ3n) is 1.91. The summed E-state index contributed by atoms with van der Waals surface area (Å²) in [5.74, 6) is -1.84. The van der Waals surface area contributed by atoms with Crippen LogP contribution in [0.4, 0.5) is 0 Å². The number of hydrogen-bond donors (Lipinski definition) is 0. The number of nitrogens with one attached hydrogen (secondary N) is 4. The Kier molecular flexibility index (Phi) is 82.9. The van der Waals surface area contributed by atoms with Crippen molar-refractivity contribution >= 4 is 23.6 Å². The summed E-state index contributed by atoms with van der Waals surface area (Å²) in [4.78, 5) is 38.8. The molecule has 0 fully saturated rings. The van der Waals surface area contributed by atoms with E-state index in [1.165, 1.54) is 0 Å². The van der Waals surface area contributed by atoms with Gasteiger partial charge in [-0.3, -0.25) is 0 Å². The fourth-order valence-corrected chi connectivity index (χ4v) is 0.908. The maximum absolute atomic E-state index is 9.71. The summed E-state index contributed by atoms with van der Waals surface area (Å²) in [6.07, 6.45) is 4.79. The van der Waals surface area contributed by atoms with Crippen LogP contribution in [0.1, 0.15) is 79.1 Å². The quantitative estimate of drug-likeness (QED) is 0.401. The van der Waals surface area contributed by atoms with Gasteiger partial charge in [-0.25, -0.2) is 0 Å². The predicted molar refractivity (Wildman–Crippen MR) is 96.9 cm³/mol.